The maximum absolute atomic E-state index is 5.73. The van der Waals surface area contributed by atoms with E-state index in [-0.39, 0.29) is 5.41 Å². The van der Waals surface area contributed by atoms with Crippen LogP contribution in [0.1, 0.15) is 32.4 Å². The van der Waals surface area contributed by atoms with Crippen LogP contribution < -0.4 is 14.8 Å². The van der Waals surface area contributed by atoms with Gasteiger partial charge >= 0.3 is 0 Å². The van der Waals surface area contributed by atoms with E-state index in [1.807, 2.05) is 6.07 Å². The number of piperazine rings is 1. The van der Waals surface area contributed by atoms with Gasteiger partial charge in [0, 0.05) is 37.8 Å². The molecule has 1 fully saturated rings. The van der Waals surface area contributed by atoms with E-state index in [1.165, 1.54) is 5.56 Å². The van der Waals surface area contributed by atoms with E-state index in [2.05, 4.69) is 43.1 Å². The standard InChI is InChI=1S/C16H24N2O2/c1-16(2,3)15(18-9-7-17-8-10-18)12-5-4-6-13-14(12)20-11-19-13/h4-6,15,17H,7-11H2,1-3H3/t15-/m0/s1. The van der Waals surface area contributed by atoms with E-state index in [4.69, 9.17) is 9.47 Å². The third-order valence-electron chi connectivity index (χ3n) is 4.06. The van der Waals surface area contributed by atoms with Gasteiger partial charge in [-0.25, -0.2) is 0 Å². The second-order valence-corrected chi connectivity index (χ2v) is 6.64. The Kier molecular flexibility index (Phi) is 3.61. The number of rotatable bonds is 2. The molecule has 1 N–H and O–H groups in total. The van der Waals surface area contributed by atoms with Crippen LogP contribution in [0.5, 0.6) is 11.5 Å². The molecule has 0 saturated carbocycles. The summed E-state index contributed by atoms with van der Waals surface area (Å²) in [7, 11) is 0. The molecule has 2 aliphatic rings. The number of hydrogen-bond acceptors (Lipinski definition) is 4. The summed E-state index contributed by atoms with van der Waals surface area (Å²) in [4.78, 5) is 2.56. The molecular weight excluding hydrogens is 252 g/mol. The molecule has 20 heavy (non-hydrogen) atoms. The summed E-state index contributed by atoms with van der Waals surface area (Å²) in [6, 6.07) is 6.60. The molecular formula is C16H24N2O2. The van der Waals surface area contributed by atoms with Gasteiger partial charge in [-0.3, -0.25) is 4.90 Å². The lowest BCUT2D eigenvalue weighted by Crippen LogP contribution is -2.48. The molecule has 4 heteroatoms. The van der Waals surface area contributed by atoms with E-state index < -0.39 is 0 Å². The molecule has 2 heterocycles. The van der Waals surface area contributed by atoms with Crippen LogP contribution in [-0.4, -0.2) is 37.9 Å². The molecule has 1 aromatic carbocycles. The Balaban J connectivity index is 1.99. The van der Waals surface area contributed by atoms with Gasteiger partial charge in [-0.05, 0) is 11.5 Å². The molecule has 1 saturated heterocycles. The van der Waals surface area contributed by atoms with Crippen LogP contribution in [0.2, 0.25) is 0 Å². The number of nitrogens with zero attached hydrogens (tertiary/aromatic N) is 1. The zero-order chi connectivity index (χ0) is 14.2. The van der Waals surface area contributed by atoms with E-state index in [0.717, 1.165) is 37.7 Å². The average molecular weight is 276 g/mol. The molecule has 2 aliphatic heterocycles. The summed E-state index contributed by atoms with van der Waals surface area (Å²) in [5.74, 6) is 1.82. The summed E-state index contributed by atoms with van der Waals surface area (Å²) in [5.41, 5.74) is 1.41. The van der Waals surface area contributed by atoms with E-state index >= 15 is 0 Å². The van der Waals surface area contributed by atoms with Crippen LogP contribution in [-0.2, 0) is 0 Å². The summed E-state index contributed by atoms with van der Waals surface area (Å²) < 4.78 is 11.3. The fourth-order valence-corrected chi connectivity index (χ4v) is 3.32. The number of hydrogen-bond donors (Lipinski definition) is 1. The van der Waals surface area contributed by atoms with Crippen molar-refractivity contribution in [1.82, 2.24) is 10.2 Å². The highest BCUT2D eigenvalue weighted by molar-refractivity contribution is 5.50. The average Bonchev–Trinajstić information content (AvgIpc) is 2.88. The quantitative estimate of drug-likeness (QED) is 0.899. The highest BCUT2D eigenvalue weighted by Gasteiger charge is 2.36. The van der Waals surface area contributed by atoms with Gasteiger partial charge in [0.2, 0.25) is 6.79 Å². The van der Waals surface area contributed by atoms with Crippen LogP contribution in [0.25, 0.3) is 0 Å². The van der Waals surface area contributed by atoms with Crippen molar-refractivity contribution in [1.29, 1.82) is 0 Å². The van der Waals surface area contributed by atoms with E-state index in [1.54, 1.807) is 0 Å². The van der Waals surface area contributed by atoms with Crippen molar-refractivity contribution in [3.63, 3.8) is 0 Å². The fraction of sp³-hybridized carbons (Fsp3) is 0.625. The molecule has 0 bridgehead atoms. The number of nitrogens with one attached hydrogen (secondary N) is 1. The Labute approximate surface area is 121 Å². The lowest BCUT2D eigenvalue weighted by atomic mass is 9.80. The first-order valence-corrected chi connectivity index (χ1v) is 7.40. The molecule has 0 radical (unpaired) electrons. The van der Waals surface area contributed by atoms with Crippen molar-refractivity contribution in [3.05, 3.63) is 23.8 Å². The van der Waals surface area contributed by atoms with Gasteiger partial charge in [0.1, 0.15) is 0 Å². The Morgan fingerprint density at radius 3 is 2.60 bits per heavy atom. The first kappa shape index (κ1) is 13.7. The second kappa shape index (κ2) is 5.26. The highest BCUT2D eigenvalue weighted by Crippen LogP contribution is 2.46. The second-order valence-electron chi connectivity index (χ2n) is 6.64. The SMILES string of the molecule is CC(C)(C)[C@H](c1cccc2c1OCO2)N1CCNCC1. The molecule has 0 amide bonds. The summed E-state index contributed by atoms with van der Waals surface area (Å²) >= 11 is 0. The van der Waals surface area contributed by atoms with Gasteiger partial charge in [0.25, 0.3) is 0 Å². The Morgan fingerprint density at radius 2 is 1.90 bits per heavy atom. The van der Waals surface area contributed by atoms with Gasteiger partial charge in [-0.15, -0.1) is 0 Å². The molecule has 1 atom stereocenters. The minimum atomic E-state index is 0.151. The van der Waals surface area contributed by atoms with E-state index in [9.17, 15) is 0 Å². The van der Waals surface area contributed by atoms with Crippen molar-refractivity contribution in [2.75, 3.05) is 33.0 Å². The van der Waals surface area contributed by atoms with Gasteiger partial charge in [0.05, 0.1) is 0 Å². The highest BCUT2D eigenvalue weighted by atomic mass is 16.7. The number of ether oxygens (including phenoxy) is 2. The van der Waals surface area contributed by atoms with Crippen LogP contribution in [0.15, 0.2) is 18.2 Å². The zero-order valence-corrected chi connectivity index (χ0v) is 12.6. The van der Waals surface area contributed by atoms with Crippen molar-refractivity contribution in [3.8, 4) is 11.5 Å². The van der Waals surface area contributed by atoms with Crippen molar-refractivity contribution < 1.29 is 9.47 Å². The third-order valence-corrected chi connectivity index (χ3v) is 4.06. The Hall–Kier alpha value is -1.26. The maximum atomic E-state index is 5.73. The summed E-state index contributed by atoms with van der Waals surface area (Å²) in [5, 5.41) is 3.43. The van der Waals surface area contributed by atoms with Crippen LogP contribution in [0, 0.1) is 5.41 Å². The molecule has 1 aromatic rings. The van der Waals surface area contributed by atoms with Crippen LogP contribution in [0.3, 0.4) is 0 Å². The molecule has 0 aromatic heterocycles. The maximum Gasteiger partial charge on any atom is 0.231 e. The molecule has 0 unspecified atom stereocenters. The van der Waals surface area contributed by atoms with Crippen LogP contribution in [0.4, 0.5) is 0 Å². The predicted molar refractivity (Wildman–Crippen MR) is 79.2 cm³/mol. The van der Waals surface area contributed by atoms with Gasteiger partial charge in [0.15, 0.2) is 11.5 Å². The van der Waals surface area contributed by atoms with Gasteiger partial charge in [-0.2, -0.15) is 0 Å². The van der Waals surface area contributed by atoms with Crippen molar-refractivity contribution >= 4 is 0 Å². The number of benzene rings is 1. The lowest BCUT2D eigenvalue weighted by Gasteiger charge is -2.42. The van der Waals surface area contributed by atoms with E-state index in [0.29, 0.717) is 12.8 Å². The third kappa shape index (κ3) is 2.50. The Morgan fingerprint density at radius 1 is 1.15 bits per heavy atom. The van der Waals surface area contributed by atoms with Gasteiger partial charge in [-0.1, -0.05) is 32.9 Å². The number of para-hydroxylation sites is 1. The molecule has 3 rings (SSSR count). The van der Waals surface area contributed by atoms with Crippen molar-refractivity contribution in [2.24, 2.45) is 5.41 Å². The first-order valence-electron chi connectivity index (χ1n) is 7.40. The summed E-state index contributed by atoms with van der Waals surface area (Å²) in [6.07, 6.45) is 0. The fourth-order valence-electron chi connectivity index (χ4n) is 3.32. The lowest BCUT2D eigenvalue weighted by molar-refractivity contribution is 0.0831. The molecule has 4 nitrogen and oxygen atoms in total. The first-order chi connectivity index (χ1) is 9.57. The largest absolute Gasteiger partial charge is 0.454 e. The summed E-state index contributed by atoms with van der Waals surface area (Å²) in [6.45, 7) is 11.5. The molecule has 110 valence electrons. The zero-order valence-electron chi connectivity index (χ0n) is 12.6. The van der Waals surface area contributed by atoms with Crippen molar-refractivity contribution in [2.45, 2.75) is 26.8 Å². The minimum absolute atomic E-state index is 0.151. The predicted octanol–water partition coefficient (Wildman–Crippen LogP) is 2.41. The van der Waals surface area contributed by atoms with Crippen LogP contribution >= 0.6 is 0 Å². The van der Waals surface area contributed by atoms with Gasteiger partial charge < -0.3 is 14.8 Å². The normalized spacial score (nSPS) is 20.9. The minimum Gasteiger partial charge on any atom is -0.454 e. The molecule has 0 spiro atoms. The topological polar surface area (TPSA) is 33.7 Å². The molecule has 0 aliphatic carbocycles. The monoisotopic (exact) mass is 276 g/mol. The number of fused-ring (bicyclic) bond motifs is 1. The smallest absolute Gasteiger partial charge is 0.231 e. The Bertz CT molecular complexity index is 476.